The van der Waals surface area contributed by atoms with Crippen molar-refractivity contribution in [1.82, 2.24) is 19.3 Å². The highest BCUT2D eigenvalue weighted by Gasteiger charge is 2.36. The zero-order chi connectivity index (χ0) is 18.9. The molecule has 1 aromatic carbocycles. The van der Waals surface area contributed by atoms with Crippen LogP contribution in [0.5, 0.6) is 0 Å². The fourth-order valence-electron chi connectivity index (χ4n) is 3.02. The second kappa shape index (κ2) is 7.71. The van der Waals surface area contributed by atoms with Crippen molar-refractivity contribution in [2.75, 3.05) is 25.9 Å². The molecule has 0 unspecified atom stereocenters. The Kier molecular flexibility index (Phi) is 5.75. The Bertz CT molecular complexity index is 883. The van der Waals surface area contributed by atoms with Gasteiger partial charge in [0.15, 0.2) is 5.82 Å². The van der Waals surface area contributed by atoms with E-state index in [1.807, 2.05) is 4.90 Å². The van der Waals surface area contributed by atoms with Crippen LogP contribution in [0.3, 0.4) is 0 Å². The maximum absolute atomic E-state index is 13.9. The number of halogens is 2. The number of rotatable bonds is 7. The van der Waals surface area contributed by atoms with Gasteiger partial charge in [-0.1, -0.05) is 27.2 Å². The smallest absolute Gasteiger partial charge is 0.223 e. The lowest BCUT2D eigenvalue weighted by Crippen LogP contribution is -2.60. The average Bonchev–Trinajstić information content (AvgIpc) is 2.91. The summed E-state index contributed by atoms with van der Waals surface area (Å²) in [6.45, 7) is 3.57. The largest absolute Gasteiger partial charge is 0.340 e. The van der Waals surface area contributed by atoms with Gasteiger partial charge in [-0.15, -0.1) is 0 Å². The van der Waals surface area contributed by atoms with Crippen LogP contribution in [0.2, 0.25) is 0 Å². The number of aryl methyl sites for hydroxylation is 1. The van der Waals surface area contributed by atoms with Gasteiger partial charge < -0.3 is 4.52 Å². The quantitative estimate of drug-likeness (QED) is 0.646. The van der Waals surface area contributed by atoms with Crippen LogP contribution in [0.1, 0.15) is 17.3 Å². The van der Waals surface area contributed by atoms with Gasteiger partial charge in [-0.2, -0.15) is 9.29 Å². The van der Waals surface area contributed by atoms with Crippen LogP contribution in [0.15, 0.2) is 27.2 Å². The first kappa shape index (κ1) is 19.4. The van der Waals surface area contributed by atoms with Gasteiger partial charge in [0.05, 0.1) is 12.3 Å². The van der Waals surface area contributed by atoms with E-state index in [1.165, 1.54) is 16.6 Å². The summed E-state index contributed by atoms with van der Waals surface area (Å²) in [5, 5.41) is 3.80. The molecular formula is C16H20BrFN4O3S. The van der Waals surface area contributed by atoms with Crippen LogP contribution < -0.4 is 0 Å². The Morgan fingerprint density at radius 2 is 2.15 bits per heavy atom. The maximum atomic E-state index is 13.9. The zero-order valence-electron chi connectivity index (χ0n) is 14.5. The molecule has 142 valence electrons. The molecule has 1 aliphatic heterocycles. The van der Waals surface area contributed by atoms with E-state index in [1.54, 1.807) is 19.1 Å². The van der Waals surface area contributed by atoms with Gasteiger partial charge in [0.25, 0.3) is 0 Å². The van der Waals surface area contributed by atoms with Crippen LogP contribution in [-0.2, 0) is 23.0 Å². The predicted octanol–water partition coefficient (Wildman–Crippen LogP) is 1.97. The Labute approximate surface area is 160 Å². The lowest BCUT2D eigenvalue weighted by atomic mass is 10.1. The van der Waals surface area contributed by atoms with Gasteiger partial charge >= 0.3 is 0 Å². The first-order chi connectivity index (χ1) is 12.2. The van der Waals surface area contributed by atoms with Gasteiger partial charge in [-0.05, 0) is 12.1 Å². The molecule has 1 saturated heterocycles. The molecule has 0 saturated carbocycles. The summed E-state index contributed by atoms with van der Waals surface area (Å²) < 4.78 is 45.3. The molecule has 7 nitrogen and oxygen atoms in total. The number of sulfonamides is 1. The average molecular weight is 447 g/mol. The Morgan fingerprint density at radius 1 is 1.42 bits per heavy atom. The third-order valence-corrected chi connectivity index (χ3v) is 6.13. The zero-order valence-corrected chi connectivity index (χ0v) is 16.9. The monoisotopic (exact) mass is 446 g/mol. The van der Waals surface area contributed by atoms with Crippen molar-refractivity contribution >= 4 is 26.0 Å². The third kappa shape index (κ3) is 4.67. The molecule has 0 atom stereocenters. The summed E-state index contributed by atoms with van der Waals surface area (Å²) in [7, 11) is -3.36. The topological polar surface area (TPSA) is 79.5 Å². The van der Waals surface area contributed by atoms with Crippen LogP contribution in [0, 0.1) is 12.7 Å². The van der Waals surface area contributed by atoms with Crippen molar-refractivity contribution in [2.45, 2.75) is 25.9 Å². The van der Waals surface area contributed by atoms with Crippen molar-refractivity contribution in [3.63, 3.8) is 0 Å². The Balaban J connectivity index is 1.58. The molecule has 10 heteroatoms. The molecule has 0 radical (unpaired) electrons. The first-order valence-electron chi connectivity index (χ1n) is 8.14. The van der Waals surface area contributed by atoms with E-state index in [0.717, 1.165) is 0 Å². The first-order valence-corrected chi connectivity index (χ1v) is 10.8. The molecule has 1 aliphatic rings. The van der Waals surface area contributed by atoms with E-state index in [0.29, 0.717) is 54.4 Å². The molecule has 0 amide bonds. The molecule has 1 fully saturated rings. The van der Waals surface area contributed by atoms with Crippen LogP contribution in [0.25, 0.3) is 0 Å². The molecule has 0 bridgehead atoms. The van der Waals surface area contributed by atoms with Crippen molar-refractivity contribution < 1.29 is 17.3 Å². The molecule has 0 N–H and O–H groups in total. The summed E-state index contributed by atoms with van der Waals surface area (Å²) in [5.41, 5.74) is 0.597. The van der Waals surface area contributed by atoms with Gasteiger partial charge in [-0.25, -0.2) is 12.8 Å². The minimum Gasteiger partial charge on any atom is -0.340 e. The van der Waals surface area contributed by atoms with Crippen molar-refractivity contribution in [3.05, 3.63) is 45.8 Å². The van der Waals surface area contributed by atoms with Gasteiger partial charge in [0.2, 0.25) is 15.9 Å². The molecule has 2 heterocycles. The molecule has 1 aromatic heterocycles. The Morgan fingerprint density at radius 3 is 2.73 bits per heavy atom. The Hall–Kier alpha value is -1.36. The molecule has 26 heavy (non-hydrogen) atoms. The summed E-state index contributed by atoms with van der Waals surface area (Å²) in [6.07, 6.45) is 1.59. The maximum Gasteiger partial charge on any atom is 0.223 e. The number of nitrogens with zero attached hydrogens (tertiary/aromatic N) is 4. The minimum absolute atomic E-state index is 0.128. The summed E-state index contributed by atoms with van der Waals surface area (Å²) in [4.78, 5) is 6.12. The lowest BCUT2D eigenvalue weighted by Gasteiger charge is -2.44. The molecular weight excluding hydrogens is 427 g/mol. The lowest BCUT2D eigenvalue weighted by molar-refractivity contribution is 0.0721. The highest BCUT2D eigenvalue weighted by atomic mass is 79.9. The SMILES string of the molecule is Cc1nc(CCN(C2CN(Cc3ccc(Br)cc3F)C2)S(C)(=O)=O)no1. The van der Waals surface area contributed by atoms with E-state index >= 15 is 0 Å². The van der Waals surface area contributed by atoms with Gasteiger partial charge in [0.1, 0.15) is 5.82 Å². The van der Waals surface area contributed by atoms with E-state index in [-0.39, 0.29) is 11.9 Å². The van der Waals surface area contributed by atoms with Crippen LogP contribution in [-0.4, -0.2) is 59.7 Å². The summed E-state index contributed by atoms with van der Waals surface area (Å²) in [5.74, 6) is 0.678. The highest BCUT2D eigenvalue weighted by Crippen LogP contribution is 2.23. The second-order valence-corrected chi connectivity index (χ2v) is 9.29. The van der Waals surface area contributed by atoms with Crippen molar-refractivity contribution in [3.8, 4) is 0 Å². The van der Waals surface area contributed by atoms with Crippen LogP contribution >= 0.6 is 15.9 Å². The van der Waals surface area contributed by atoms with E-state index in [4.69, 9.17) is 4.52 Å². The standard InChI is InChI=1S/C16H20BrFN4O3S/c1-11-19-16(20-25-11)5-6-22(26(2,23)24)14-9-21(10-14)8-12-3-4-13(17)7-15(12)18/h3-4,7,14H,5-6,8-10H2,1-2H3. The molecule has 3 rings (SSSR count). The van der Waals surface area contributed by atoms with E-state index in [2.05, 4.69) is 26.1 Å². The molecule has 0 spiro atoms. The van der Waals surface area contributed by atoms with Crippen molar-refractivity contribution in [2.24, 2.45) is 0 Å². The fraction of sp³-hybridized carbons (Fsp3) is 0.500. The number of likely N-dealkylation sites (tertiary alicyclic amines) is 1. The van der Waals surface area contributed by atoms with Gasteiger partial charge in [0, 0.05) is 49.6 Å². The number of hydrogen-bond acceptors (Lipinski definition) is 6. The normalized spacial score (nSPS) is 16.2. The summed E-state index contributed by atoms with van der Waals surface area (Å²) >= 11 is 3.24. The predicted molar refractivity (Wildman–Crippen MR) is 97.5 cm³/mol. The number of aromatic nitrogens is 2. The van der Waals surface area contributed by atoms with E-state index in [9.17, 15) is 12.8 Å². The molecule has 2 aromatic rings. The summed E-state index contributed by atoms with van der Waals surface area (Å²) in [6, 6.07) is 4.84. The number of benzene rings is 1. The minimum atomic E-state index is -3.36. The van der Waals surface area contributed by atoms with Crippen molar-refractivity contribution in [1.29, 1.82) is 0 Å². The third-order valence-electron chi connectivity index (χ3n) is 4.31. The van der Waals surface area contributed by atoms with Crippen LogP contribution in [0.4, 0.5) is 4.39 Å². The highest BCUT2D eigenvalue weighted by molar-refractivity contribution is 9.10. The molecule has 0 aliphatic carbocycles. The number of hydrogen-bond donors (Lipinski definition) is 0. The fourth-order valence-corrected chi connectivity index (χ4v) is 4.45. The second-order valence-electron chi connectivity index (χ2n) is 6.44. The van der Waals surface area contributed by atoms with Gasteiger partial charge in [-0.3, -0.25) is 4.90 Å². The van der Waals surface area contributed by atoms with E-state index < -0.39 is 10.0 Å².